The molecule has 2 amide bonds. The molecule has 1 fully saturated rings. The van der Waals surface area contributed by atoms with Crippen LogP contribution in [0.5, 0.6) is 0 Å². The number of ether oxygens (including phenoxy) is 1. The first-order chi connectivity index (χ1) is 19.1. The Bertz CT molecular complexity index is 1550. The fourth-order valence-corrected chi connectivity index (χ4v) is 5.94. The van der Waals surface area contributed by atoms with Crippen molar-refractivity contribution in [1.29, 1.82) is 10.5 Å². The van der Waals surface area contributed by atoms with Crippen LogP contribution >= 0.6 is 0 Å². The van der Waals surface area contributed by atoms with Crippen LogP contribution in [0.25, 0.3) is 0 Å². The third-order valence-corrected chi connectivity index (χ3v) is 7.38. The molecule has 0 N–H and O–H groups in total. The van der Waals surface area contributed by atoms with Gasteiger partial charge in [0.25, 0.3) is 5.91 Å². The highest BCUT2D eigenvalue weighted by Gasteiger charge is 2.66. The molecule has 4 atom stereocenters. The number of hydrogen-bond acceptors (Lipinski definition) is 7. The van der Waals surface area contributed by atoms with Crippen LogP contribution in [-0.4, -0.2) is 22.7 Å². The first-order valence-corrected chi connectivity index (χ1v) is 12.9. The Kier molecular flexibility index (Phi) is 6.77. The van der Waals surface area contributed by atoms with Gasteiger partial charge < -0.3 is 15.0 Å². The van der Waals surface area contributed by atoms with Crippen LogP contribution in [0.2, 0.25) is 0 Å². The van der Waals surface area contributed by atoms with Crippen molar-refractivity contribution in [2.75, 3.05) is 4.90 Å². The number of benzene rings is 3. The summed E-state index contributed by atoms with van der Waals surface area (Å²) in [5.41, 5.74) is -1.11. The maximum atomic E-state index is 14.8. The van der Waals surface area contributed by atoms with Crippen LogP contribution in [0, 0.1) is 33.8 Å². The van der Waals surface area contributed by atoms with Gasteiger partial charge in [-0.3, -0.25) is 4.79 Å². The topological polar surface area (TPSA) is 120 Å². The third-order valence-electron chi connectivity index (χ3n) is 7.38. The van der Waals surface area contributed by atoms with Crippen molar-refractivity contribution in [1.82, 2.24) is 5.06 Å². The minimum atomic E-state index is -1.95. The second-order valence-electron chi connectivity index (χ2n) is 10.9. The van der Waals surface area contributed by atoms with Crippen LogP contribution < -0.4 is 4.90 Å². The molecule has 0 saturated carbocycles. The van der Waals surface area contributed by atoms with E-state index in [2.05, 4.69) is 0 Å². The SMILES string of the molecule is CC(C)(C)OC(=O)N1C(=O)[C@@]2(c3ccccc31)[C@H](C=C(C#N)C#N)[C@@H](c1ccccc1)[C@H](c1ccccc1)N2[O-]. The molecule has 200 valence electrons. The van der Waals surface area contributed by atoms with Crippen molar-refractivity contribution in [2.45, 2.75) is 43.9 Å². The van der Waals surface area contributed by atoms with Gasteiger partial charge in [-0.05, 0) is 44.0 Å². The second kappa shape index (κ2) is 10.1. The van der Waals surface area contributed by atoms with E-state index >= 15 is 0 Å². The van der Waals surface area contributed by atoms with E-state index in [0.717, 1.165) is 15.5 Å². The highest BCUT2D eigenvalue weighted by molar-refractivity contribution is 6.21. The number of nitriles is 2. The second-order valence-corrected chi connectivity index (χ2v) is 10.9. The largest absolute Gasteiger partial charge is 0.784 e. The number of nitrogens with zero attached hydrogens (tertiary/aromatic N) is 4. The summed E-state index contributed by atoms with van der Waals surface area (Å²) in [4.78, 5) is 29.0. The summed E-state index contributed by atoms with van der Waals surface area (Å²) in [5, 5.41) is 35.1. The van der Waals surface area contributed by atoms with Gasteiger partial charge in [-0.2, -0.15) is 10.5 Å². The number of hydroxylamine groups is 2. The number of imide groups is 1. The zero-order valence-corrected chi connectivity index (χ0v) is 22.3. The fourth-order valence-electron chi connectivity index (χ4n) is 5.94. The molecule has 0 bridgehead atoms. The Labute approximate surface area is 232 Å². The van der Waals surface area contributed by atoms with E-state index in [1.807, 2.05) is 72.8 Å². The smallest absolute Gasteiger partial charge is 0.421 e. The fraction of sp³-hybridized carbons (Fsp3) is 0.250. The normalized spacial score (nSPS) is 23.8. The Balaban J connectivity index is 1.83. The lowest BCUT2D eigenvalue weighted by Gasteiger charge is -2.44. The van der Waals surface area contributed by atoms with Gasteiger partial charge in [0.05, 0.1) is 5.69 Å². The van der Waals surface area contributed by atoms with Crippen LogP contribution in [0.4, 0.5) is 10.5 Å². The minimum Gasteiger partial charge on any atom is -0.784 e. The van der Waals surface area contributed by atoms with Gasteiger partial charge in [0.1, 0.15) is 28.9 Å². The average molecular weight is 532 g/mol. The number of fused-ring (bicyclic) bond motifs is 2. The number of allylic oxidation sites excluding steroid dienone is 1. The van der Waals surface area contributed by atoms with Crippen molar-refractivity contribution in [3.05, 3.63) is 118 Å². The number of rotatable bonds is 3. The van der Waals surface area contributed by atoms with Gasteiger partial charge in [-0.1, -0.05) is 78.9 Å². The summed E-state index contributed by atoms with van der Waals surface area (Å²) >= 11 is 0. The quantitative estimate of drug-likeness (QED) is 0.375. The van der Waals surface area contributed by atoms with Crippen molar-refractivity contribution in [3.8, 4) is 12.1 Å². The summed E-state index contributed by atoms with van der Waals surface area (Å²) in [5.74, 6) is -2.41. The summed E-state index contributed by atoms with van der Waals surface area (Å²) in [6, 6.07) is 27.9. The predicted molar refractivity (Wildman–Crippen MR) is 148 cm³/mol. The first-order valence-electron chi connectivity index (χ1n) is 12.9. The number of anilines is 1. The van der Waals surface area contributed by atoms with Crippen LogP contribution in [-0.2, 0) is 15.1 Å². The summed E-state index contributed by atoms with van der Waals surface area (Å²) in [6.07, 6.45) is 0.511. The van der Waals surface area contributed by atoms with Gasteiger partial charge in [-0.15, -0.1) is 0 Å². The molecule has 0 aliphatic carbocycles. The molecule has 2 heterocycles. The number of carbonyl (C=O) groups excluding carboxylic acids is 2. The zero-order valence-electron chi connectivity index (χ0n) is 22.3. The Morgan fingerprint density at radius 1 is 0.925 bits per heavy atom. The van der Waals surface area contributed by atoms with Gasteiger partial charge in [0.2, 0.25) is 0 Å². The molecule has 3 aromatic rings. The van der Waals surface area contributed by atoms with Crippen molar-refractivity contribution in [2.24, 2.45) is 5.92 Å². The van der Waals surface area contributed by atoms with E-state index in [0.29, 0.717) is 11.1 Å². The van der Waals surface area contributed by atoms with E-state index in [9.17, 15) is 25.3 Å². The molecule has 5 rings (SSSR count). The van der Waals surface area contributed by atoms with E-state index in [1.165, 1.54) is 6.08 Å². The molecule has 2 aliphatic heterocycles. The van der Waals surface area contributed by atoms with Gasteiger partial charge in [0.15, 0.2) is 0 Å². The molecule has 3 aromatic carbocycles. The third kappa shape index (κ3) is 4.15. The summed E-state index contributed by atoms with van der Waals surface area (Å²) < 4.78 is 5.59. The molecule has 0 aromatic heterocycles. The molecule has 0 unspecified atom stereocenters. The lowest BCUT2D eigenvalue weighted by Crippen LogP contribution is -2.53. The molecular formula is C32H27N4O4-. The maximum Gasteiger partial charge on any atom is 0.421 e. The molecule has 1 saturated heterocycles. The van der Waals surface area contributed by atoms with Gasteiger partial charge in [0, 0.05) is 23.4 Å². The summed E-state index contributed by atoms with van der Waals surface area (Å²) in [7, 11) is 0. The minimum absolute atomic E-state index is 0.228. The predicted octanol–water partition coefficient (Wildman–Crippen LogP) is 6.09. The lowest BCUT2D eigenvalue weighted by atomic mass is 9.71. The number of para-hydroxylation sites is 1. The first kappa shape index (κ1) is 26.8. The molecule has 8 nitrogen and oxygen atoms in total. The Morgan fingerprint density at radius 3 is 2.05 bits per heavy atom. The van der Waals surface area contributed by atoms with E-state index in [1.54, 1.807) is 45.0 Å². The molecule has 2 aliphatic rings. The van der Waals surface area contributed by atoms with Crippen LogP contribution in [0.1, 0.15) is 49.4 Å². The van der Waals surface area contributed by atoms with E-state index in [-0.39, 0.29) is 11.3 Å². The molecule has 8 heteroatoms. The Morgan fingerprint density at radius 2 is 1.48 bits per heavy atom. The molecule has 40 heavy (non-hydrogen) atoms. The van der Waals surface area contributed by atoms with E-state index < -0.39 is 41.0 Å². The number of hydrogen-bond donors (Lipinski definition) is 0. The van der Waals surface area contributed by atoms with Gasteiger partial charge in [-0.25, -0.2) is 9.69 Å². The van der Waals surface area contributed by atoms with Gasteiger partial charge >= 0.3 is 6.09 Å². The summed E-state index contributed by atoms with van der Waals surface area (Å²) in [6.45, 7) is 5.07. The average Bonchev–Trinajstić information content (AvgIpc) is 3.36. The Hall–Kier alpha value is -4.76. The van der Waals surface area contributed by atoms with Crippen molar-refractivity contribution in [3.63, 3.8) is 0 Å². The number of amides is 2. The van der Waals surface area contributed by atoms with E-state index in [4.69, 9.17) is 4.74 Å². The van der Waals surface area contributed by atoms with Crippen molar-refractivity contribution >= 4 is 17.7 Å². The monoisotopic (exact) mass is 531 g/mol. The molecule has 1 spiro atoms. The van der Waals surface area contributed by atoms with Crippen LogP contribution in [0.15, 0.2) is 96.6 Å². The highest BCUT2D eigenvalue weighted by atomic mass is 16.6. The number of carbonyl (C=O) groups is 2. The molecular weight excluding hydrogens is 504 g/mol. The zero-order chi connectivity index (χ0) is 28.7. The highest BCUT2D eigenvalue weighted by Crippen LogP contribution is 2.63. The standard InChI is InChI=1S/C32H27N4O4/c1-31(2,3)40-30(38)35-26-17-11-10-16-24(26)32(29(35)37)25(18-21(19-33)20-34)27(22-12-6-4-7-13-22)28(36(32)39)23-14-8-5-9-15-23/h4-18,25,27-28H,1-3H3/q-1/t25-,27-,28+,32-/m1/s1. The maximum absolute atomic E-state index is 14.8. The molecule has 0 radical (unpaired) electrons. The van der Waals surface area contributed by atoms with Crippen LogP contribution in [0.3, 0.4) is 0 Å². The van der Waals surface area contributed by atoms with Crippen molar-refractivity contribution < 1.29 is 14.3 Å². The lowest BCUT2D eigenvalue weighted by molar-refractivity contribution is -0.128.